The van der Waals surface area contributed by atoms with E-state index in [0.29, 0.717) is 24.4 Å². The van der Waals surface area contributed by atoms with E-state index in [1.807, 2.05) is 19.3 Å². The van der Waals surface area contributed by atoms with E-state index < -0.39 is 0 Å². The second kappa shape index (κ2) is 6.78. The van der Waals surface area contributed by atoms with E-state index in [0.717, 1.165) is 17.8 Å². The fraction of sp³-hybridized carbons (Fsp3) is 0.333. The van der Waals surface area contributed by atoms with Crippen LogP contribution < -0.4 is 11.1 Å². The van der Waals surface area contributed by atoms with Gasteiger partial charge in [-0.05, 0) is 31.2 Å². The lowest BCUT2D eigenvalue weighted by Crippen LogP contribution is -2.10. The summed E-state index contributed by atoms with van der Waals surface area (Å²) < 4.78 is 6.75. The molecule has 2 aromatic rings. The Morgan fingerprint density at radius 3 is 2.90 bits per heavy atom. The van der Waals surface area contributed by atoms with Crippen LogP contribution >= 0.6 is 0 Å². The summed E-state index contributed by atoms with van der Waals surface area (Å²) >= 11 is 0. The van der Waals surface area contributed by atoms with Crippen LogP contribution in [0.4, 0.5) is 11.4 Å². The molecule has 21 heavy (non-hydrogen) atoms. The molecule has 112 valence electrons. The Hall–Kier alpha value is -2.50. The second-order valence-electron chi connectivity index (χ2n) is 4.68. The highest BCUT2D eigenvalue weighted by molar-refractivity contribution is 5.92. The molecule has 0 saturated heterocycles. The summed E-state index contributed by atoms with van der Waals surface area (Å²) in [5.41, 5.74) is 8.74. The third kappa shape index (κ3) is 3.98. The van der Waals surface area contributed by atoms with E-state index in [1.165, 1.54) is 0 Å². The van der Waals surface area contributed by atoms with Crippen LogP contribution in [0, 0.1) is 0 Å². The summed E-state index contributed by atoms with van der Waals surface area (Å²) in [7, 11) is 1.89. The third-order valence-corrected chi connectivity index (χ3v) is 3.03. The Morgan fingerprint density at radius 1 is 1.43 bits per heavy atom. The van der Waals surface area contributed by atoms with Crippen molar-refractivity contribution in [3.63, 3.8) is 0 Å². The Labute approximate surface area is 123 Å². The van der Waals surface area contributed by atoms with Crippen LogP contribution in [0.2, 0.25) is 0 Å². The van der Waals surface area contributed by atoms with Gasteiger partial charge < -0.3 is 15.8 Å². The van der Waals surface area contributed by atoms with E-state index in [4.69, 9.17) is 10.5 Å². The number of esters is 1. The fourth-order valence-electron chi connectivity index (χ4n) is 1.97. The number of nitrogens with one attached hydrogen (secondary N) is 1. The van der Waals surface area contributed by atoms with E-state index >= 15 is 0 Å². The van der Waals surface area contributed by atoms with Crippen LogP contribution in [0.1, 0.15) is 23.0 Å². The van der Waals surface area contributed by atoms with Gasteiger partial charge >= 0.3 is 5.97 Å². The van der Waals surface area contributed by atoms with Crippen molar-refractivity contribution < 1.29 is 9.53 Å². The van der Waals surface area contributed by atoms with Crippen LogP contribution in [0.15, 0.2) is 30.5 Å². The number of aryl methyl sites for hydroxylation is 1. The van der Waals surface area contributed by atoms with Crippen molar-refractivity contribution in [1.29, 1.82) is 0 Å². The molecule has 0 unspecified atom stereocenters. The van der Waals surface area contributed by atoms with Gasteiger partial charge in [-0.1, -0.05) is 0 Å². The molecule has 0 saturated carbocycles. The number of rotatable bonds is 6. The topological polar surface area (TPSA) is 82.2 Å². The first-order valence-electron chi connectivity index (χ1n) is 6.89. The average Bonchev–Trinajstić information content (AvgIpc) is 2.87. The zero-order valence-corrected chi connectivity index (χ0v) is 12.3. The monoisotopic (exact) mass is 288 g/mol. The van der Waals surface area contributed by atoms with E-state index in [9.17, 15) is 4.79 Å². The summed E-state index contributed by atoms with van der Waals surface area (Å²) in [6, 6.07) is 7.05. The molecular weight excluding hydrogens is 268 g/mol. The fourth-order valence-corrected chi connectivity index (χ4v) is 1.97. The lowest BCUT2D eigenvalue weighted by molar-refractivity contribution is 0.0526. The number of carbonyl (C=O) groups excluding carboxylic acids is 1. The maximum atomic E-state index is 11.7. The van der Waals surface area contributed by atoms with Crippen LogP contribution in [-0.4, -0.2) is 28.9 Å². The molecule has 0 spiro atoms. The number of carbonyl (C=O) groups is 1. The predicted molar refractivity (Wildman–Crippen MR) is 82.2 cm³/mol. The van der Waals surface area contributed by atoms with Crippen molar-refractivity contribution in [2.24, 2.45) is 7.05 Å². The minimum absolute atomic E-state index is 0.342. The maximum Gasteiger partial charge on any atom is 0.338 e. The summed E-state index contributed by atoms with van der Waals surface area (Å²) in [6.45, 7) is 2.82. The van der Waals surface area contributed by atoms with Gasteiger partial charge in [0.15, 0.2) is 0 Å². The van der Waals surface area contributed by atoms with Crippen molar-refractivity contribution in [3.8, 4) is 0 Å². The largest absolute Gasteiger partial charge is 0.462 e. The number of nitrogen functional groups attached to an aromatic ring is 1. The van der Waals surface area contributed by atoms with Crippen LogP contribution in [-0.2, 0) is 18.2 Å². The summed E-state index contributed by atoms with van der Waals surface area (Å²) in [6.07, 6.45) is 2.69. The maximum absolute atomic E-state index is 11.7. The molecule has 6 nitrogen and oxygen atoms in total. The molecule has 0 fully saturated rings. The smallest absolute Gasteiger partial charge is 0.338 e. The molecule has 1 aromatic carbocycles. The molecular formula is C15H20N4O2. The highest BCUT2D eigenvalue weighted by Gasteiger charge is 2.09. The van der Waals surface area contributed by atoms with Gasteiger partial charge in [0.2, 0.25) is 0 Å². The Morgan fingerprint density at radius 2 is 2.24 bits per heavy atom. The minimum Gasteiger partial charge on any atom is -0.462 e. The van der Waals surface area contributed by atoms with Gasteiger partial charge in [0, 0.05) is 26.2 Å². The lowest BCUT2D eigenvalue weighted by atomic mass is 10.1. The van der Waals surface area contributed by atoms with E-state index in [-0.39, 0.29) is 5.97 Å². The highest BCUT2D eigenvalue weighted by atomic mass is 16.5. The van der Waals surface area contributed by atoms with Crippen molar-refractivity contribution in [3.05, 3.63) is 41.7 Å². The zero-order valence-electron chi connectivity index (χ0n) is 12.3. The summed E-state index contributed by atoms with van der Waals surface area (Å²) in [5.74, 6) is -0.342. The molecule has 1 heterocycles. The van der Waals surface area contributed by atoms with Gasteiger partial charge in [-0.15, -0.1) is 0 Å². The molecule has 6 heteroatoms. The quantitative estimate of drug-likeness (QED) is 0.626. The first-order valence-corrected chi connectivity index (χ1v) is 6.89. The zero-order chi connectivity index (χ0) is 15.2. The number of hydrogen-bond acceptors (Lipinski definition) is 5. The van der Waals surface area contributed by atoms with E-state index in [1.54, 1.807) is 29.8 Å². The number of anilines is 2. The average molecular weight is 288 g/mol. The highest BCUT2D eigenvalue weighted by Crippen LogP contribution is 2.20. The van der Waals surface area contributed by atoms with Gasteiger partial charge in [-0.25, -0.2) is 4.79 Å². The predicted octanol–water partition coefficient (Wildman–Crippen LogP) is 1.83. The molecule has 1 aromatic heterocycles. The number of benzene rings is 1. The molecule has 0 bridgehead atoms. The SMILES string of the molecule is CCOC(=O)c1ccc(N)c(NCCc2ccn(C)n2)c1. The molecule has 2 rings (SSSR count). The first kappa shape index (κ1) is 14.9. The van der Waals surface area contributed by atoms with Crippen molar-refractivity contribution in [1.82, 2.24) is 9.78 Å². The molecule has 0 aliphatic rings. The molecule has 0 atom stereocenters. The Bertz CT molecular complexity index is 622. The summed E-state index contributed by atoms with van der Waals surface area (Å²) in [4.78, 5) is 11.7. The lowest BCUT2D eigenvalue weighted by Gasteiger charge is -2.10. The first-order chi connectivity index (χ1) is 10.1. The number of hydrogen-bond donors (Lipinski definition) is 2. The second-order valence-corrected chi connectivity index (χ2v) is 4.68. The number of nitrogens with zero attached hydrogens (tertiary/aromatic N) is 2. The van der Waals surface area contributed by atoms with Crippen LogP contribution in [0.5, 0.6) is 0 Å². The number of aromatic nitrogens is 2. The van der Waals surface area contributed by atoms with Gasteiger partial charge in [0.25, 0.3) is 0 Å². The number of ether oxygens (including phenoxy) is 1. The van der Waals surface area contributed by atoms with Gasteiger partial charge in [-0.2, -0.15) is 5.10 Å². The Kier molecular flexibility index (Phi) is 4.81. The molecule has 3 N–H and O–H groups in total. The molecule has 0 amide bonds. The van der Waals surface area contributed by atoms with Gasteiger partial charge in [-0.3, -0.25) is 4.68 Å². The van der Waals surface area contributed by atoms with Gasteiger partial charge in [0.1, 0.15) is 0 Å². The molecule has 0 radical (unpaired) electrons. The van der Waals surface area contributed by atoms with Crippen LogP contribution in [0.3, 0.4) is 0 Å². The Balaban J connectivity index is 1.98. The summed E-state index contributed by atoms with van der Waals surface area (Å²) in [5, 5.41) is 7.53. The van der Waals surface area contributed by atoms with Gasteiger partial charge in [0.05, 0.1) is 29.2 Å². The van der Waals surface area contributed by atoms with Crippen molar-refractivity contribution >= 4 is 17.3 Å². The minimum atomic E-state index is -0.342. The molecule has 0 aliphatic heterocycles. The third-order valence-electron chi connectivity index (χ3n) is 3.03. The van der Waals surface area contributed by atoms with Crippen LogP contribution in [0.25, 0.3) is 0 Å². The standard InChI is InChI=1S/C15H20N4O2/c1-3-21-15(20)11-4-5-13(16)14(10-11)17-8-6-12-7-9-19(2)18-12/h4-5,7,9-10,17H,3,6,8,16H2,1-2H3. The van der Waals surface area contributed by atoms with Crippen molar-refractivity contribution in [2.45, 2.75) is 13.3 Å². The number of nitrogens with two attached hydrogens (primary N) is 1. The van der Waals surface area contributed by atoms with E-state index in [2.05, 4.69) is 10.4 Å². The molecule has 0 aliphatic carbocycles. The normalized spacial score (nSPS) is 10.4. The van der Waals surface area contributed by atoms with Crippen molar-refractivity contribution in [2.75, 3.05) is 24.2 Å².